The molecule has 0 spiro atoms. The minimum Gasteiger partial charge on any atom is -0.385 e. The van der Waals surface area contributed by atoms with Crippen LogP contribution in [0.4, 0.5) is 0 Å². The lowest BCUT2D eigenvalue weighted by atomic mass is 9.82. The van der Waals surface area contributed by atoms with Gasteiger partial charge in [0.25, 0.3) is 0 Å². The number of hydrogen-bond acceptors (Lipinski definition) is 3. The van der Waals surface area contributed by atoms with Crippen molar-refractivity contribution in [2.75, 3.05) is 19.6 Å². The van der Waals surface area contributed by atoms with Gasteiger partial charge in [-0.1, -0.05) is 24.3 Å². The van der Waals surface area contributed by atoms with Gasteiger partial charge in [-0.3, -0.25) is 0 Å². The van der Waals surface area contributed by atoms with Crippen molar-refractivity contribution in [1.29, 1.82) is 0 Å². The van der Waals surface area contributed by atoms with Crippen LogP contribution in [-0.2, 0) is 12.0 Å². The Balaban J connectivity index is 2.14. The predicted molar refractivity (Wildman–Crippen MR) is 69.7 cm³/mol. The fourth-order valence-electron chi connectivity index (χ4n) is 2.55. The van der Waals surface area contributed by atoms with Gasteiger partial charge >= 0.3 is 0 Å². The van der Waals surface area contributed by atoms with E-state index in [2.05, 4.69) is 17.4 Å². The fourth-order valence-corrected chi connectivity index (χ4v) is 2.55. The van der Waals surface area contributed by atoms with Crippen LogP contribution in [0.3, 0.4) is 0 Å². The molecule has 2 atom stereocenters. The zero-order valence-electron chi connectivity index (χ0n) is 10.4. The molecule has 3 heteroatoms. The van der Waals surface area contributed by atoms with E-state index in [1.807, 2.05) is 19.1 Å². The smallest absolute Gasteiger partial charge is 0.0909 e. The summed E-state index contributed by atoms with van der Waals surface area (Å²) in [6.07, 6.45) is 1.94. The topological polar surface area (TPSA) is 58.3 Å². The van der Waals surface area contributed by atoms with Gasteiger partial charge in [-0.15, -0.1) is 0 Å². The standard InChI is InChI=1S/C14H22N2O/c1-14(17,13-7-9-16-10-13)12-4-2-11(3-5-12)6-8-15/h2-5,13,16-17H,6-10,15H2,1H3. The molecule has 0 bridgehead atoms. The highest BCUT2D eigenvalue weighted by molar-refractivity contribution is 5.28. The van der Waals surface area contributed by atoms with Crippen molar-refractivity contribution in [2.24, 2.45) is 11.7 Å². The molecule has 1 aromatic rings. The molecule has 0 saturated carbocycles. The Hall–Kier alpha value is -0.900. The summed E-state index contributed by atoms with van der Waals surface area (Å²) in [5.74, 6) is 0.308. The molecular weight excluding hydrogens is 212 g/mol. The first-order valence-corrected chi connectivity index (χ1v) is 6.37. The number of benzene rings is 1. The average molecular weight is 234 g/mol. The van der Waals surface area contributed by atoms with Crippen molar-refractivity contribution < 1.29 is 5.11 Å². The maximum Gasteiger partial charge on any atom is 0.0909 e. The number of nitrogens with one attached hydrogen (secondary N) is 1. The van der Waals surface area contributed by atoms with E-state index < -0.39 is 5.60 Å². The lowest BCUT2D eigenvalue weighted by Crippen LogP contribution is -2.33. The average Bonchev–Trinajstić information content (AvgIpc) is 2.84. The third kappa shape index (κ3) is 2.68. The van der Waals surface area contributed by atoms with Gasteiger partial charge in [0, 0.05) is 12.5 Å². The molecule has 1 aliphatic heterocycles. The van der Waals surface area contributed by atoms with Crippen molar-refractivity contribution in [3.8, 4) is 0 Å². The summed E-state index contributed by atoms with van der Waals surface area (Å²) in [4.78, 5) is 0. The number of hydrogen-bond donors (Lipinski definition) is 3. The Morgan fingerprint density at radius 1 is 1.41 bits per heavy atom. The van der Waals surface area contributed by atoms with Crippen LogP contribution in [-0.4, -0.2) is 24.7 Å². The van der Waals surface area contributed by atoms with Gasteiger partial charge in [0.2, 0.25) is 0 Å². The second-order valence-corrected chi connectivity index (χ2v) is 5.07. The molecule has 1 fully saturated rings. The molecule has 0 aromatic heterocycles. The van der Waals surface area contributed by atoms with Crippen LogP contribution in [0, 0.1) is 5.92 Å². The second kappa shape index (κ2) is 5.17. The highest BCUT2D eigenvalue weighted by Crippen LogP contribution is 2.33. The van der Waals surface area contributed by atoms with Crippen LogP contribution in [0.25, 0.3) is 0 Å². The van der Waals surface area contributed by atoms with Crippen molar-refractivity contribution in [2.45, 2.75) is 25.4 Å². The Labute approximate surface area is 103 Å². The Morgan fingerprint density at radius 3 is 2.65 bits per heavy atom. The molecule has 2 rings (SSSR count). The van der Waals surface area contributed by atoms with Crippen LogP contribution in [0.15, 0.2) is 24.3 Å². The maximum absolute atomic E-state index is 10.6. The van der Waals surface area contributed by atoms with Crippen molar-refractivity contribution in [3.05, 3.63) is 35.4 Å². The normalized spacial score (nSPS) is 23.6. The van der Waals surface area contributed by atoms with Crippen LogP contribution in [0.2, 0.25) is 0 Å². The number of nitrogens with two attached hydrogens (primary N) is 1. The van der Waals surface area contributed by atoms with Crippen LogP contribution in [0.1, 0.15) is 24.5 Å². The molecule has 1 aliphatic rings. The van der Waals surface area contributed by atoms with Gasteiger partial charge in [-0.05, 0) is 44.0 Å². The van der Waals surface area contributed by atoms with E-state index in [1.165, 1.54) is 5.56 Å². The Bertz CT molecular complexity index is 353. The van der Waals surface area contributed by atoms with E-state index in [9.17, 15) is 5.11 Å². The van der Waals surface area contributed by atoms with E-state index in [-0.39, 0.29) is 0 Å². The zero-order chi connectivity index (χ0) is 12.3. The minimum absolute atomic E-state index is 0.308. The van der Waals surface area contributed by atoms with Crippen LogP contribution >= 0.6 is 0 Å². The Morgan fingerprint density at radius 2 is 2.12 bits per heavy atom. The number of rotatable bonds is 4. The largest absolute Gasteiger partial charge is 0.385 e. The lowest BCUT2D eigenvalue weighted by Gasteiger charge is -2.30. The molecule has 4 N–H and O–H groups in total. The Kier molecular flexibility index (Phi) is 3.82. The van der Waals surface area contributed by atoms with Crippen molar-refractivity contribution in [1.82, 2.24) is 5.32 Å². The summed E-state index contributed by atoms with van der Waals surface area (Å²) in [6, 6.07) is 8.20. The van der Waals surface area contributed by atoms with Gasteiger partial charge in [-0.25, -0.2) is 0 Å². The summed E-state index contributed by atoms with van der Waals surface area (Å²) in [5, 5.41) is 13.9. The first-order valence-electron chi connectivity index (χ1n) is 6.37. The summed E-state index contributed by atoms with van der Waals surface area (Å²) in [7, 11) is 0. The molecule has 1 aromatic carbocycles. The number of aliphatic hydroxyl groups is 1. The van der Waals surface area contributed by atoms with Crippen LogP contribution < -0.4 is 11.1 Å². The predicted octanol–water partition coefficient (Wildman–Crippen LogP) is 1.00. The van der Waals surface area contributed by atoms with E-state index in [1.54, 1.807) is 0 Å². The maximum atomic E-state index is 10.6. The van der Waals surface area contributed by atoms with E-state index in [4.69, 9.17) is 5.73 Å². The van der Waals surface area contributed by atoms with Gasteiger partial charge in [0.1, 0.15) is 0 Å². The summed E-state index contributed by atoms with van der Waals surface area (Å²) in [5.41, 5.74) is 7.03. The zero-order valence-corrected chi connectivity index (χ0v) is 10.4. The summed E-state index contributed by atoms with van der Waals surface area (Å²) in [6.45, 7) is 4.49. The highest BCUT2D eigenvalue weighted by atomic mass is 16.3. The summed E-state index contributed by atoms with van der Waals surface area (Å²) >= 11 is 0. The molecule has 0 radical (unpaired) electrons. The third-order valence-corrected chi connectivity index (χ3v) is 3.83. The lowest BCUT2D eigenvalue weighted by molar-refractivity contribution is 0.00216. The van der Waals surface area contributed by atoms with Gasteiger partial charge in [-0.2, -0.15) is 0 Å². The van der Waals surface area contributed by atoms with E-state index >= 15 is 0 Å². The minimum atomic E-state index is -0.731. The molecule has 94 valence electrons. The van der Waals surface area contributed by atoms with Gasteiger partial charge in [0.15, 0.2) is 0 Å². The SMILES string of the molecule is CC(O)(c1ccc(CCN)cc1)C1CCNC1. The molecule has 1 saturated heterocycles. The quantitative estimate of drug-likeness (QED) is 0.728. The molecule has 0 aliphatic carbocycles. The summed E-state index contributed by atoms with van der Waals surface area (Å²) < 4.78 is 0. The fraction of sp³-hybridized carbons (Fsp3) is 0.571. The second-order valence-electron chi connectivity index (χ2n) is 5.07. The van der Waals surface area contributed by atoms with E-state index in [0.717, 1.165) is 31.5 Å². The van der Waals surface area contributed by atoms with Crippen molar-refractivity contribution in [3.63, 3.8) is 0 Å². The van der Waals surface area contributed by atoms with Gasteiger partial charge in [0.05, 0.1) is 5.60 Å². The molecule has 17 heavy (non-hydrogen) atoms. The van der Waals surface area contributed by atoms with E-state index in [0.29, 0.717) is 12.5 Å². The first-order chi connectivity index (χ1) is 8.14. The molecule has 3 nitrogen and oxygen atoms in total. The third-order valence-electron chi connectivity index (χ3n) is 3.83. The molecule has 1 heterocycles. The first kappa shape index (κ1) is 12.6. The van der Waals surface area contributed by atoms with Crippen molar-refractivity contribution >= 4 is 0 Å². The molecule has 2 unspecified atom stereocenters. The van der Waals surface area contributed by atoms with Crippen LogP contribution in [0.5, 0.6) is 0 Å². The highest BCUT2D eigenvalue weighted by Gasteiger charge is 2.35. The molecular formula is C14H22N2O. The monoisotopic (exact) mass is 234 g/mol. The van der Waals surface area contributed by atoms with Gasteiger partial charge < -0.3 is 16.2 Å². The molecule has 0 amide bonds.